The molecule has 2 rings (SSSR count). The molecule has 7 nitrogen and oxygen atoms in total. The number of nitrogens with zero attached hydrogens (tertiary/aromatic N) is 2. The first-order valence-electron chi connectivity index (χ1n) is 8.78. The van der Waals surface area contributed by atoms with Crippen LogP contribution in [-0.2, 0) is 10.0 Å². The second-order valence-electron chi connectivity index (χ2n) is 6.62. The van der Waals surface area contributed by atoms with Crippen molar-refractivity contribution in [1.29, 1.82) is 0 Å². The first kappa shape index (κ1) is 21.7. The Balaban J connectivity index is 2.38. The molecule has 0 bridgehead atoms. The summed E-state index contributed by atoms with van der Waals surface area (Å²) in [6, 6.07) is 12.0. The van der Waals surface area contributed by atoms with Crippen LogP contribution in [0.15, 0.2) is 52.5 Å². The maximum absolute atomic E-state index is 12.6. The zero-order valence-electron chi connectivity index (χ0n) is 16.9. The molecule has 0 unspecified atom stereocenters. The lowest BCUT2D eigenvalue weighted by Crippen LogP contribution is -2.23. The van der Waals surface area contributed by atoms with Crippen LogP contribution >= 0.6 is 0 Å². The highest BCUT2D eigenvalue weighted by atomic mass is 32.2. The van der Waals surface area contributed by atoms with E-state index in [1.165, 1.54) is 0 Å². The highest BCUT2D eigenvalue weighted by Gasteiger charge is 2.15. The van der Waals surface area contributed by atoms with Gasteiger partial charge >= 0.3 is 0 Å². The number of hydrogen-bond donors (Lipinski definition) is 1. The van der Waals surface area contributed by atoms with Gasteiger partial charge in [0.25, 0.3) is 10.0 Å². The molecule has 0 aliphatic carbocycles. The molecule has 0 amide bonds. The van der Waals surface area contributed by atoms with Crippen molar-refractivity contribution in [3.8, 4) is 11.5 Å². The van der Waals surface area contributed by atoms with E-state index in [0.717, 1.165) is 11.1 Å². The summed E-state index contributed by atoms with van der Waals surface area (Å²) in [4.78, 5) is 4.52. The van der Waals surface area contributed by atoms with Gasteiger partial charge in [-0.2, -0.15) is 18.4 Å². The van der Waals surface area contributed by atoms with Crippen molar-refractivity contribution in [3.63, 3.8) is 0 Å². The molecule has 0 saturated carbocycles. The van der Waals surface area contributed by atoms with Crippen molar-refractivity contribution in [2.45, 2.75) is 18.2 Å². The largest absolute Gasteiger partial charge is 0.497 e. The molecule has 0 atom stereocenters. The van der Waals surface area contributed by atoms with Crippen molar-refractivity contribution in [2.24, 2.45) is 5.10 Å². The fourth-order valence-corrected chi connectivity index (χ4v) is 3.28. The highest BCUT2D eigenvalue weighted by molar-refractivity contribution is 7.89. The molecule has 0 spiro atoms. The third-order valence-electron chi connectivity index (χ3n) is 4.11. The van der Waals surface area contributed by atoms with E-state index in [1.54, 1.807) is 56.7 Å². The average molecular weight is 406 g/mol. The number of methoxy groups -OCH3 is 2. The number of hydrazone groups is 1. The van der Waals surface area contributed by atoms with Crippen molar-refractivity contribution in [3.05, 3.63) is 53.6 Å². The van der Waals surface area contributed by atoms with E-state index >= 15 is 0 Å². The van der Waals surface area contributed by atoms with Crippen LogP contribution in [0, 0.1) is 6.92 Å². The molecule has 0 saturated heterocycles. The van der Waals surface area contributed by atoms with Gasteiger partial charge in [-0.25, -0.2) is 0 Å². The SMILES string of the molecule is COc1cc(OC)cc(/C(CCN(C)C)=N/NS(=O)(=O)c2ccc(C)cc2)c1. The standard InChI is InChI=1S/C20H27N3O4S/c1-15-6-8-19(9-7-15)28(24,25)22-21-20(10-11-23(2)3)16-12-17(26-4)14-18(13-16)27-5/h6-9,12-14,22H,10-11H2,1-5H3/b21-20+. The molecule has 152 valence electrons. The third kappa shape index (κ3) is 5.97. The maximum Gasteiger partial charge on any atom is 0.276 e. The maximum atomic E-state index is 12.6. The minimum absolute atomic E-state index is 0.164. The first-order chi connectivity index (χ1) is 13.2. The van der Waals surface area contributed by atoms with Gasteiger partial charge in [-0.15, -0.1) is 0 Å². The molecular formula is C20H27N3O4S. The van der Waals surface area contributed by atoms with Gasteiger partial charge in [-0.3, -0.25) is 0 Å². The molecule has 2 aromatic carbocycles. The summed E-state index contributed by atoms with van der Waals surface area (Å²) in [5.41, 5.74) is 2.30. The Morgan fingerprint density at radius 1 is 1.04 bits per heavy atom. The predicted molar refractivity (Wildman–Crippen MR) is 111 cm³/mol. The summed E-state index contributed by atoms with van der Waals surface area (Å²) in [5, 5.41) is 4.23. The van der Waals surface area contributed by atoms with Gasteiger partial charge in [0.1, 0.15) is 11.5 Å². The van der Waals surface area contributed by atoms with Crippen LogP contribution in [0.25, 0.3) is 0 Å². The van der Waals surface area contributed by atoms with Gasteiger partial charge in [0.2, 0.25) is 0 Å². The van der Waals surface area contributed by atoms with Gasteiger partial charge in [0, 0.05) is 24.6 Å². The molecule has 0 heterocycles. The molecule has 28 heavy (non-hydrogen) atoms. The number of benzene rings is 2. The van der Waals surface area contributed by atoms with Crippen LogP contribution in [-0.4, -0.2) is 53.9 Å². The normalized spacial score (nSPS) is 12.1. The average Bonchev–Trinajstić information content (AvgIpc) is 2.67. The minimum Gasteiger partial charge on any atom is -0.497 e. The molecule has 0 aliphatic rings. The minimum atomic E-state index is -3.76. The van der Waals surface area contributed by atoms with Crippen LogP contribution in [0.1, 0.15) is 17.5 Å². The van der Waals surface area contributed by atoms with E-state index in [0.29, 0.717) is 30.2 Å². The summed E-state index contributed by atoms with van der Waals surface area (Å²) >= 11 is 0. The second kappa shape index (κ2) is 9.57. The number of sulfonamides is 1. The van der Waals surface area contributed by atoms with Crippen LogP contribution < -0.4 is 14.3 Å². The molecule has 1 N–H and O–H groups in total. The Bertz CT molecular complexity index is 901. The molecule has 0 radical (unpaired) electrons. The summed E-state index contributed by atoms with van der Waals surface area (Å²) in [7, 11) is 3.26. The van der Waals surface area contributed by atoms with E-state index in [-0.39, 0.29) is 4.90 Å². The van der Waals surface area contributed by atoms with Gasteiger partial charge in [0.15, 0.2) is 0 Å². The number of rotatable bonds is 9. The van der Waals surface area contributed by atoms with E-state index in [9.17, 15) is 8.42 Å². The Labute approximate surface area is 167 Å². The Morgan fingerprint density at radius 3 is 2.11 bits per heavy atom. The summed E-state index contributed by atoms with van der Waals surface area (Å²) in [5.74, 6) is 1.21. The lowest BCUT2D eigenvalue weighted by atomic mass is 10.1. The van der Waals surface area contributed by atoms with Crippen molar-refractivity contribution in [2.75, 3.05) is 34.9 Å². The molecular weight excluding hydrogens is 378 g/mol. The lowest BCUT2D eigenvalue weighted by Gasteiger charge is -2.14. The number of aryl methyl sites for hydroxylation is 1. The molecule has 2 aromatic rings. The molecule has 0 aliphatic heterocycles. The highest BCUT2D eigenvalue weighted by Crippen LogP contribution is 2.24. The summed E-state index contributed by atoms with van der Waals surface area (Å²) in [6.45, 7) is 2.60. The molecule has 8 heteroatoms. The third-order valence-corrected chi connectivity index (χ3v) is 5.34. The van der Waals surface area contributed by atoms with Gasteiger partial charge in [0.05, 0.1) is 24.8 Å². The number of nitrogens with one attached hydrogen (secondary N) is 1. The second-order valence-corrected chi connectivity index (χ2v) is 8.28. The zero-order chi connectivity index (χ0) is 20.7. The van der Waals surface area contributed by atoms with Gasteiger partial charge in [-0.05, 0) is 45.3 Å². The van der Waals surface area contributed by atoms with E-state index in [2.05, 4.69) is 9.93 Å². The van der Waals surface area contributed by atoms with Crippen LogP contribution in [0.2, 0.25) is 0 Å². The summed E-state index contributed by atoms with van der Waals surface area (Å²) < 4.78 is 35.8. The van der Waals surface area contributed by atoms with Crippen LogP contribution in [0.5, 0.6) is 11.5 Å². The van der Waals surface area contributed by atoms with Gasteiger partial charge in [-0.1, -0.05) is 17.7 Å². The van der Waals surface area contributed by atoms with Crippen LogP contribution in [0.4, 0.5) is 0 Å². The predicted octanol–water partition coefficient (Wildman–Crippen LogP) is 2.65. The van der Waals surface area contributed by atoms with Crippen LogP contribution in [0.3, 0.4) is 0 Å². The Hall–Kier alpha value is -2.58. The molecule has 0 fully saturated rings. The monoisotopic (exact) mass is 405 g/mol. The first-order valence-corrected chi connectivity index (χ1v) is 10.3. The van der Waals surface area contributed by atoms with Crippen molar-refractivity contribution in [1.82, 2.24) is 9.73 Å². The zero-order valence-corrected chi connectivity index (χ0v) is 17.7. The van der Waals surface area contributed by atoms with E-state index in [1.807, 2.05) is 25.9 Å². The van der Waals surface area contributed by atoms with Crippen molar-refractivity contribution >= 4 is 15.7 Å². The molecule has 0 aromatic heterocycles. The Kier molecular flexibility index (Phi) is 7.42. The number of ether oxygens (including phenoxy) is 2. The fraction of sp³-hybridized carbons (Fsp3) is 0.350. The van der Waals surface area contributed by atoms with E-state index < -0.39 is 10.0 Å². The van der Waals surface area contributed by atoms with Crippen molar-refractivity contribution < 1.29 is 17.9 Å². The van der Waals surface area contributed by atoms with Gasteiger partial charge < -0.3 is 14.4 Å². The topological polar surface area (TPSA) is 80.2 Å². The summed E-state index contributed by atoms with van der Waals surface area (Å²) in [6.07, 6.45) is 0.541. The lowest BCUT2D eigenvalue weighted by molar-refractivity contribution is 0.394. The fourth-order valence-electron chi connectivity index (χ4n) is 2.45. The quantitative estimate of drug-likeness (QED) is 0.512. The Morgan fingerprint density at radius 2 is 1.61 bits per heavy atom. The van der Waals surface area contributed by atoms with E-state index in [4.69, 9.17) is 9.47 Å². The smallest absolute Gasteiger partial charge is 0.276 e. The number of hydrogen-bond acceptors (Lipinski definition) is 6.